The van der Waals surface area contributed by atoms with Gasteiger partial charge in [0.15, 0.2) is 11.5 Å². The predicted molar refractivity (Wildman–Crippen MR) is 53.2 cm³/mol. The van der Waals surface area contributed by atoms with Crippen LogP contribution in [0.2, 0.25) is 0 Å². The molecular weight excluding hydrogens is 236 g/mol. The number of aromatic hydroxyl groups is 1. The molecule has 0 saturated heterocycles. The lowest BCUT2D eigenvalue weighted by Crippen LogP contribution is -2.04. The molecule has 0 aromatic heterocycles. The molecule has 0 amide bonds. The Bertz CT molecular complexity index is 276. The average molecular weight is 247 g/mol. The number of benzene rings is 1. The number of rotatable bonds is 4. The maximum Gasteiger partial charge on any atom is 0.161 e. The second-order valence-corrected chi connectivity index (χ2v) is 3.37. The molecule has 1 aromatic carbocycles. The van der Waals surface area contributed by atoms with Crippen molar-refractivity contribution in [2.75, 3.05) is 20.3 Å². The van der Waals surface area contributed by atoms with E-state index >= 15 is 0 Å². The quantitative estimate of drug-likeness (QED) is 0.829. The summed E-state index contributed by atoms with van der Waals surface area (Å²) in [7, 11) is 1.60. The summed E-state index contributed by atoms with van der Waals surface area (Å²) in [6.07, 6.45) is 0. The number of methoxy groups -OCH3 is 1. The van der Waals surface area contributed by atoms with Gasteiger partial charge in [-0.2, -0.15) is 0 Å². The second-order valence-electron chi connectivity index (χ2n) is 2.45. The van der Waals surface area contributed by atoms with E-state index in [9.17, 15) is 5.11 Å². The summed E-state index contributed by atoms with van der Waals surface area (Å²) in [5, 5.41) is 9.39. The van der Waals surface area contributed by atoms with Crippen LogP contribution in [-0.4, -0.2) is 25.4 Å². The van der Waals surface area contributed by atoms with Crippen molar-refractivity contribution >= 4 is 15.9 Å². The van der Waals surface area contributed by atoms with Crippen LogP contribution < -0.4 is 4.74 Å². The summed E-state index contributed by atoms with van der Waals surface area (Å²) >= 11 is 3.24. The molecule has 0 spiro atoms. The van der Waals surface area contributed by atoms with Gasteiger partial charge in [-0.15, -0.1) is 0 Å². The maximum atomic E-state index is 9.39. The van der Waals surface area contributed by atoms with Crippen LogP contribution in [0, 0.1) is 0 Å². The van der Waals surface area contributed by atoms with Crippen LogP contribution >= 0.6 is 15.9 Å². The van der Waals surface area contributed by atoms with Gasteiger partial charge in [0.05, 0.1) is 6.61 Å². The highest BCUT2D eigenvalue weighted by Gasteiger charge is 2.01. The van der Waals surface area contributed by atoms with Crippen LogP contribution in [0.15, 0.2) is 22.7 Å². The molecule has 3 nitrogen and oxygen atoms in total. The lowest BCUT2D eigenvalue weighted by Gasteiger charge is -2.07. The molecule has 0 atom stereocenters. The highest BCUT2D eigenvalue weighted by Crippen LogP contribution is 2.28. The molecule has 0 aliphatic rings. The van der Waals surface area contributed by atoms with E-state index in [2.05, 4.69) is 15.9 Å². The lowest BCUT2D eigenvalue weighted by atomic mass is 10.3. The summed E-state index contributed by atoms with van der Waals surface area (Å²) < 4.78 is 10.9. The Kier molecular flexibility index (Phi) is 4.05. The first kappa shape index (κ1) is 10.3. The number of hydrogen-bond acceptors (Lipinski definition) is 3. The van der Waals surface area contributed by atoms with Crippen molar-refractivity contribution in [3.63, 3.8) is 0 Å². The first-order valence-corrected chi connectivity index (χ1v) is 4.63. The molecule has 0 radical (unpaired) electrons. The van der Waals surface area contributed by atoms with E-state index in [1.54, 1.807) is 19.2 Å². The molecule has 0 fully saturated rings. The molecule has 0 heterocycles. The summed E-state index contributed by atoms with van der Waals surface area (Å²) in [6, 6.07) is 5.10. The second kappa shape index (κ2) is 5.09. The van der Waals surface area contributed by atoms with E-state index in [4.69, 9.17) is 9.47 Å². The third kappa shape index (κ3) is 3.24. The van der Waals surface area contributed by atoms with Crippen molar-refractivity contribution in [1.29, 1.82) is 0 Å². The van der Waals surface area contributed by atoms with E-state index in [0.717, 1.165) is 4.47 Å². The number of hydrogen-bond donors (Lipinski definition) is 1. The minimum Gasteiger partial charge on any atom is -0.504 e. The number of halogens is 1. The fourth-order valence-corrected chi connectivity index (χ4v) is 1.20. The SMILES string of the molecule is COCCOc1ccc(Br)cc1O. The molecule has 0 saturated carbocycles. The van der Waals surface area contributed by atoms with Crippen molar-refractivity contribution < 1.29 is 14.6 Å². The highest BCUT2D eigenvalue weighted by atomic mass is 79.9. The standard InChI is InChI=1S/C9H11BrO3/c1-12-4-5-13-9-3-2-7(10)6-8(9)11/h2-3,6,11H,4-5H2,1H3. The molecule has 0 bridgehead atoms. The van der Waals surface area contributed by atoms with Crippen molar-refractivity contribution in [3.05, 3.63) is 22.7 Å². The highest BCUT2D eigenvalue weighted by molar-refractivity contribution is 9.10. The van der Waals surface area contributed by atoms with Crippen molar-refractivity contribution in [2.24, 2.45) is 0 Å². The zero-order chi connectivity index (χ0) is 9.68. The van der Waals surface area contributed by atoms with Gasteiger partial charge in [-0.25, -0.2) is 0 Å². The lowest BCUT2D eigenvalue weighted by molar-refractivity contribution is 0.144. The minimum absolute atomic E-state index is 0.130. The van der Waals surface area contributed by atoms with Crippen LogP contribution in [-0.2, 0) is 4.74 Å². The molecule has 0 aliphatic carbocycles. The summed E-state index contributed by atoms with van der Waals surface area (Å²) in [4.78, 5) is 0. The Morgan fingerprint density at radius 1 is 1.38 bits per heavy atom. The molecule has 4 heteroatoms. The third-order valence-corrected chi connectivity index (χ3v) is 1.96. The van der Waals surface area contributed by atoms with E-state index in [-0.39, 0.29) is 5.75 Å². The summed E-state index contributed by atoms with van der Waals surface area (Å²) in [5.74, 6) is 0.603. The monoisotopic (exact) mass is 246 g/mol. The molecular formula is C9H11BrO3. The van der Waals surface area contributed by atoms with Crippen molar-refractivity contribution in [2.45, 2.75) is 0 Å². The smallest absolute Gasteiger partial charge is 0.161 e. The zero-order valence-corrected chi connectivity index (χ0v) is 8.87. The van der Waals surface area contributed by atoms with E-state index in [1.165, 1.54) is 0 Å². The van der Waals surface area contributed by atoms with Gasteiger partial charge in [0.25, 0.3) is 0 Å². The molecule has 13 heavy (non-hydrogen) atoms. The molecule has 1 N–H and O–H groups in total. The molecule has 72 valence electrons. The Morgan fingerprint density at radius 2 is 2.15 bits per heavy atom. The van der Waals surface area contributed by atoms with Gasteiger partial charge in [-0.1, -0.05) is 15.9 Å². The van der Waals surface area contributed by atoms with E-state index < -0.39 is 0 Å². The Labute approximate surface area is 85.4 Å². The third-order valence-electron chi connectivity index (χ3n) is 1.47. The summed E-state index contributed by atoms with van der Waals surface area (Å²) in [6.45, 7) is 0.946. The number of phenols is 1. The first-order chi connectivity index (χ1) is 6.24. The van der Waals surface area contributed by atoms with Gasteiger partial charge >= 0.3 is 0 Å². The van der Waals surface area contributed by atoms with Crippen LogP contribution in [0.5, 0.6) is 11.5 Å². The van der Waals surface area contributed by atoms with Crippen LogP contribution in [0.1, 0.15) is 0 Å². The van der Waals surface area contributed by atoms with Gasteiger partial charge in [-0.3, -0.25) is 0 Å². The Hall–Kier alpha value is -0.740. The van der Waals surface area contributed by atoms with Crippen LogP contribution in [0.25, 0.3) is 0 Å². The summed E-state index contributed by atoms with van der Waals surface area (Å²) in [5.41, 5.74) is 0. The molecule has 1 aromatic rings. The van der Waals surface area contributed by atoms with Gasteiger partial charge in [0.1, 0.15) is 6.61 Å². The molecule has 1 rings (SSSR count). The topological polar surface area (TPSA) is 38.7 Å². The van der Waals surface area contributed by atoms with Crippen molar-refractivity contribution in [1.82, 2.24) is 0 Å². The van der Waals surface area contributed by atoms with E-state index in [1.807, 2.05) is 6.07 Å². The predicted octanol–water partition coefficient (Wildman–Crippen LogP) is 2.18. The van der Waals surface area contributed by atoms with Gasteiger partial charge in [0, 0.05) is 11.6 Å². The Morgan fingerprint density at radius 3 is 2.77 bits per heavy atom. The van der Waals surface area contributed by atoms with E-state index in [0.29, 0.717) is 19.0 Å². The molecule has 0 aliphatic heterocycles. The number of phenolic OH excluding ortho intramolecular Hbond substituents is 1. The fraction of sp³-hybridized carbons (Fsp3) is 0.333. The van der Waals surface area contributed by atoms with Gasteiger partial charge in [-0.05, 0) is 18.2 Å². The Balaban J connectivity index is 2.56. The molecule has 0 unspecified atom stereocenters. The van der Waals surface area contributed by atoms with Crippen LogP contribution in [0.4, 0.5) is 0 Å². The van der Waals surface area contributed by atoms with Crippen LogP contribution in [0.3, 0.4) is 0 Å². The average Bonchev–Trinajstić information content (AvgIpc) is 2.09. The van der Waals surface area contributed by atoms with Gasteiger partial charge < -0.3 is 14.6 Å². The number of ether oxygens (including phenoxy) is 2. The van der Waals surface area contributed by atoms with Gasteiger partial charge in [0.2, 0.25) is 0 Å². The zero-order valence-electron chi connectivity index (χ0n) is 7.29. The largest absolute Gasteiger partial charge is 0.504 e. The maximum absolute atomic E-state index is 9.39. The van der Waals surface area contributed by atoms with Crippen molar-refractivity contribution in [3.8, 4) is 11.5 Å². The normalized spacial score (nSPS) is 10.0. The first-order valence-electron chi connectivity index (χ1n) is 3.84. The minimum atomic E-state index is 0.130. The fourth-order valence-electron chi connectivity index (χ4n) is 0.848.